The maximum absolute atomic E-state index is 11.5. The van der Waals surface area contributed by atoms with Crippen LogP contribution in [0.5, 0.6) is 0 Å². The van der Waals surface area contributed by atoms with Crippen LogP contribution in [0.2, 0.25) is 0 Å². The van der Waals surface area contributed by atoms with Gasteiger partial charge in [0.05, 0.1) is 6.33 Å². The lowest BCUT2D eigenvalue weighted by molar-refractivity contribution is -0.139. The number of urea groups is 1. The first-order valence-electron chi connectivity index (χ1n) is 5.26. The maximum Gasteiger partial charge on any atom is 0.326 e. The molecule has 0 aliphatic heterocycles. The molecule has 0 saturated heterocycles. The number of imidazole rings is 1. The van der Waals surface area contributed by atoms with Crippen LogP contribution in [0.3, 0.4) is 0 Å². The number of hydrogen-bond acceptors (Lipinski definition) is 3. The van der Waals surface area contributed by atoms with Crippen molar-refractivity contribution in [3.05, 3.63) is 18.2 Å². The van der Waals surface area contributed by atoms with Gasteiger partial charge < -0.3 is 20.3 Å². The van der Waals surface area contributed by atoms with Gasteiger partial charge in [0.25, 0.3) is 0 Å². The van der Waals surface area contributed by atoms with Crippen LogP contribution in [-0.4, -0.2) is 51.6 Å². The van der Waals surface area contributed by atoms with E-state index in [2.05, 4.69) is 15.3 Å². The molecular weight excluding hydrogens is 224 g/mol. The van der Waals surface area contributed by atoms with Gasteiger partial charge >= 0.3 is 12.0 Å². The van der Waals surface area contributed by atoms with E-state index in [-0.39, 0.29) is 6.42 Å². The van der Waals surface area contributed by atoms with Crippen molar-refractivity contribution in [3.8, 4) is 0 Å². The summed E-state index contributed by atoms with van der Waals surface area (Å²) in [7, 11) is 1.60. The molecule has 0 bridgehead atoms. The number of nitrogens with one attached hydrogen (secondary N) is 2. The van der Waals surface area contributed by atoms with Crippen molar-refractivity contribution in [2.45, 2.75) is 19.4 Å². The molecule has 7 nitrogen and oxygen atoms in total. The van der Waals surface area contributed by atoms with Crippen LogP contribution in [-0.2, 0) is 11.2 Å². The number of aromatic nitrogens is 2. The second-order valence-electron chi connectivity index (χ2n) is 3.64. The standard InChI is InChI=1S/C10H16N4O3/c1-3-14(2)10(17)13-8(9(15)16)4-7-5-11-6-12-7/h5-6,8H,3-4H2,1-2H3,(H,11,12)(H,13,17)(H,15,16)/t8-/m1/s1. The minimum atomic E-state index is -1.07. The number of carboxylic acid groups (broad SMARTS) is 1. The van der Waals surface area contributed by atoms with Gasteiger partial charge in [-0.05, 0) is 6.92 Å². The zero-order valence-electron chi connectivity index (χ0n) is 9.80. The number of rotatable bonds is 5. The Hall–Kier alpha value is -2.05. The van der Waals surface area contributed by atoms with Crippen LogP contribution in [0.25, 0.3) is 0 Å². The molecule has 1 aromatic rings. The fourth-order valence-corrected chi connectivity index (χ4v) is 1.22. The number of amides is 2. The summed E-state index contributed by atoms with van der Waals surface area (Å²) in [5.41, 5.74) is 0.664. The van der Waals surface area contributed by atoms with Crippen LogP contribution >= 0.6 is 0 Å². The minimum absolute atomic E-state index is 0.179. The third kappa shape index (κ3) is 3.78. The smallest absolute Gasteiger partial charge is 0.326 e. The Morgan fingerprint density at radius 2 is 2.35 bits per heavy atom. The van der Waals surface area contributed by atoms with E-state index in [0.29, 0.717) is 12.2 Å². The van der Waals surface area contributed by atoms with E-state index >= 15 is 0 Å². The lowest BCUT2D eigenvalue weighted by atomic mass is 10.1. The largest absolute Gasteiger partial charge is 0.480 e. The highest BCUT2D eigenvalue weighted by molar-refractivity contribution is 5.82. The summed E-state index contributed by atoms with van der Waals surface area (Å²) in [6.07, 6.45) is 3.18. The molecule has 0 spiro atoms. The zero-order valence-corrected chi connectivity index (χ0v) is 9.80. The molecule has 1 aromatic heterocycles. The van der Waals surface area contributed by atoms with E-state index in [4.69, 9.17) is 5.11 Å². The Morgan fingerprint density at radius 3 is 2.82 bits per heavy atom. The van der Waals surface area contributed by atoms with E-state index in [1.807, 2.05) is 6.92 Å². The molecule has 0 saturated carbocycles. The van der Waals surface area contributed by atoms with Crippen molar-refractivity contribution in [1.82, 2.24) is 20.2 Å². The fourth-order valence-electron chi connectivity index (χ4n) is 1.22. The van der Waals surface area contributed by atoms with Gasteiger partial charge in [0, 0.05) is 31.9 Å². The Balaban J connectivity index is 2.61. The van der Waals surface area contributed by atoms with Gasteiger partial charge in [-0.3, -0.25) is 0 Å². The Kier molecular flexibility index (Phi) is 4.50. The molecule has 94 valence electrons. The Labute approximate surface area is 98.8 Å². The molecule has 1 atom stereocenters. The quantitative estimate of drug-likeness (QED) is 0.678. The number of carboxylic acids is 1. The molecule has 1 heterocycles. The first-order valence-corrected chi connectivity index (χ1v) is 5.26. The molecule has 0 unspecified atom stereocenters. The number of carbonyl (C=O) groups excluding carboxylic acids is 1. The second kappa shape index (κ2) is 5.88. The van der Waals surface area contributed by atoms with Crippen molar-refractivity contribution in [2.24, 2.45) is 0 Å². The normalized spacial score (nSPS) is 11.9. The summed E-state index contributed by atoms with van der Waals surface area (Å²) >= 11 is 0. The molecule has 0 fully saturated rings. The first kappa shape index (κ1) is 13.0. The average Bonchev–Trinajstić information content (AvgIpc) is 2.79. The number of aromatic amines is 1. The predicted molar refractivity (Wildman–Crippen MR) is 60.6 cm³/mol. The number of carbonyl (C=O) groups is 2. The highest BCUT2D eigenvalue weighted by Crippen LogP contribution is 1.99. The van der Waals surface area contributed by atoms with Gasteiger partial charge in [0.1, 0.15) is 6.04 Å². The molecular formula is C10H16N4O3. The van der Waals surface area contributed by atoms with Gasteiger partial charge in [-0.2, -0.15) is 0 Å². The van der Waals surface area contributed by atoms with Gasteiger partial charge in [-0.1, -0.05) is 0 Å². The highest BCUT2D eigenvalue weighted by Gasteiger charge is 2.22. The van der Waals surface area contributed by atoms with Crippen LogP contribution < -0.4 is 5.32 Å². The maximum atomic E-state index is 11.5. The summed E-state index contributed by atoms with van der Waals surface area (Å²) in [6.45, 7) is 2.33. The van der Waals surface area contributed by atoms with Crippen LogP contribution in [0.4, 0.5) is 4.79 Å². The van der Waals surface area contributed by atoms with Gasteiger partial charge in [0.2, 0.25) is 0 Å². The summed E-state index contributed by atoms with van der Waals surface area (Å²) in [5.74, 6) is -1.07. The molecule has 0 radical (unpaired) electrons. The summed E-state index contributed by atoms with van der Waals surface area (Å²) in [4.78, 5) is 30.5. The van der Waals surface area contributed by atoms with Gasteiger partial charge in [-0.15, -0.1) is 0 Å². The Bertz CT molecular complexity index is 377. The molecule has 0 aliphatic rings. The summed E-state index contributed by atoms with van der Waals surface area (Å²) in [6, 6.07) is -1.36. The monoisotopic (exact) mass is 240 g/mol. The molecule has 7 heteroatoms. The first-order chi connectivity index (χ1) is 8.04. The van der Waals surface area contributed by atoms with E-state index in [1.165, 1.54) is 17.4 Å². The van der Waals surface area contributed by atoms with Crippen molar-refractivity contribution in [3.63, 3.8) is 0 Å². The second-order valence-corrected chi connectivity index (χ2v) is 3.64. The summed E-state index contributed by atoms with van der Waals surface area (Å²) in [5, 5.41) is 11.5. The van der Waals surface area contributed by atoms with Crippen LogP contribution in [0.15, 0.2) is 12.5 Å². The number of aliphatic carboxylic acids is 1. The van der Waals surface area contributed by atoms with E-state index in [0.717, 1.165) is 0 Å². The minimum Gasteiger partial charge on any atom is -0.480 e. The van der Waals surface area contributed by atoms with Gasteiger partial charge in [-0.25, -0.2) is 14.6 Å². The third-order valence-corrected chi connectivity index (χ3v) is 2.40. The van der Waals surface area contributed by atoms with E-state index in [9.17, 15) is 9.59 Å². The SMILES string of the molecule is CCN(C)C(=O)N[C@H](Cc1cnc[nH]1)C(=O)O. The van der Waals surface area contributed by atoms with E-state index in [1.54, 1.807) is 7.05 Å². The average molecular weight is 240 g/mol. The predicted octanol–water partition coefficient (Wildman–Crippen LogP) is 0.0667. The summed E-state index contributed by atoms with van der Waals surface area (Å²) < 4.78 is 0. The third-order valence-electron chi connectivity index (χ3n) is 2.40. The van der Waals surface area contributed by atoms with Crippen molar-refractivity contribution in [2.75, 3.05) is 13.6 Å². The lowest BCUT2D eigenvalue weighted by Crippen LogP contribution is -2.47. The number of H-pyrrole nitrogens is 1. The lowest BCUT2D eigenvalue weighted by Gasteiger charge is -2.19. The zero-order chi connectivity index (χ0) is 12.8. The molecule has 0 aliphatic carbocycles. The molecule has 1 rings (SSSR count). The number of hydrogen-bond donors (Lipinski definition) is 3. The van der Waals surface area contributed by atoms with Crippen molar-refractivity contribution < 1.29 is 14.7 Å². The molecule has 3 N–H and O–H groups in total. The molecule has 0 aromatic carbocycles. The van der Waals surface area contributed by atoms with Crippen LogP contribution in [0, 0.1) is 0 Å². The van der Waals surface area contributed by atoms with Crippen molar-refractivity contribution >= 4 is 12.0 Å². The Morgan fingerprint density at radius 1 is 1.65 bits per heavy atom. The van der Waals surface area contributed by atoms with Gasteiger partial charge in [0.15, 0.2) is 0 Å². The fraction of sp³-hybridized carbons (Fsp3) is 0.500. The number of nitrogens with zero attached hydrogens (tertiary/aromatic N) is 2. The molecule has 2 amide bonds. The highest BCUT2D eigenvalue weighted by atomic mass is 16.4. The van der Waals surface area contributed by atoms with Crippen LogP contribution in [0.1, 0.15) is 12.6 Å². The topological polar surface area (TPSA) is 98.3 Å². The van der Waals surface area contributed by atoms with E-state index < -0.39 is 18.0 Å². The van der Waals surface area contributed by atoms with Crippen molar-refractivity contribution in [1.29, 1.82) is 0 Å². The molecule has 17 heavy (non-hydrogen) atoms.